The predicted molar refractivity (Wildman–Crippen MR) is 128 cm³/mol. The van der Waals surface area contributed by atoms with Crippen molar-refractivity contribution in [3.63, 3.8) is 0 Å². The SMILES string of the molecule is CCn1nccc1C(=O)NC(c1cn2nc(C)c(CC3CCCOC3)nc2n1)C1CCC(F)(F)CC1. The Kier molecular flexibility index (Phi) is 7.00. The number of carbonyl (C=O) groups excluding carboxylic acids is 1. The minimum atomic E-state index is -2.66. The maximum absolute atomic E-state index is 13.9. The summed E-state index contributed by atoms with van der Waals surface area (Å²) in [7, 11) is 0. The smallest absolute Gasteiger partial charge is 0.270 e. The Labute approximate surface area is 208 Å². The number of alkyl halides is 2. The molecule has 2 unspecified atom stereocenters. The van der Waals surface area contributed by atoms with Crippen molar-refractivity contribution in [1.82, 2.24) is 34.7 Å². The molecule has 2 atom stereocenters. The van der Waals surface area contributed by atoms with Crippen LogP contribution in [0.15, 0.2) is 18.5 Å². The Morgan fingerprint density at radius 2 is 2.08 bits per heavy atom. The Hall–Kier alpha value is -2.95. The molecule has 1 aliphatic heterocycles. The highest BCUT2D eigenvalue weighted by molar-refractivity contribution is 5.92. The van der Waals surface area contributed by atoms with Crippen LogP contribution in [-0.4, -0.2) is 54.4 Å². The van der Waals surface area contributed by atoms with E-state index >= 15 is 0 Å². The summed E-state index contributed by atoms with van der Waals surface area (Å²) in [4.78, 5) is 22.7. The molecular formula is C25H33F2N7O2. The van der Waals surface area contributed by atoms with Gasteiger partial charge in [-0.1, -0.05) is 0 Å². The lowest BCUT2D eigenvalue weighted by atomic mass is 9.81. The molecule has 1 saturated heterocycles. The summed E-state index contributed by atoms with van der Waals surface area (Å²) in [5.41, 5.74) is 2.72. The molecule has 0 aromatic carbocycles. The van der Waals surface area contributed by atoms with E-state index in [1.165, 1.54) is 0 Å². The van der Waals surface area contributed by atoms with Crippen LogP contribution in [0.3, 0.4) is 0 Å². The van der Waals surface area contributed by atoms with Gasteiger partial charge in [0.1, 0.15) is 5.69 Å². The maximum Gasteiger partial charge on any atom is 0.270 e. The minimum Gasteiger partial charge on any atom is -0.381 e. The molecule has 5 rings (SSSR count). The molecule has 194 valence electrons. The fourth-order valence-corrected chi connectivity index (χ4v) is 5.36. The average molecular weight is 502 g/mol. The number of halogens is 2. The Morgan fingerprint density at radius 3 is 2.81 bits per heavy atom. The van der Waals surface area contributed by atoms with Crippen molar-refractivity contribution in [2.75, 3.05) is 13.2 Å². The van der Waals surface area contributed by atoms with E-state index in [4.69, 9.17) is 14.7 Å². The summed E-state index contributed by atoms with van der Waals surface area (Å²) >= 11 is 0. The molecule has 2 aliphatic rings. The lowest BCUT2D eigenvalue weighted by Crippen LogP contribution is -2.38. The topological polar surface area (TPSA) is 99.2 Å². The molecule has 1 saturated carbocycles. The number of carbonyl (C=O) groups is 1. The highest BCUT2D eigenvalue weighted by Crippen LogP contribution is 2.41. The predicted octanol–water partition coefficient (Wildman–Crippen LogP) is 3.91. The van der Waals surface area contributed by atoms with E-state index in [2.05, 4.69) is 15.5 Å². The van der Waals surface area contributed by atoms with Gasteiger partial charge in [-0.25, -0.2) is 23.3 Å². The molecule has 3 aromatic heterocycles. The highest BCUT2D eigenvalue weighted by Gasteiger charge is 2.39. The third-order valence-corrected chi connectivity index (χ3v) is 7.42. The van der Waals surface area contributed by atoms with Crippen LogP contribution in [0.1, 0.15) is 79.1 Å². The molecular weight excluding hydrogens is 468 g/mol. The summed E-state index contributed by atoms with van der Waals surface area (Å²) in [6, 6.07) is 1.12. The second-order valence-electron chi connectivity index (χ2n) is 10.0. The molecule has 1 N–H and O–H groups in total. The maximum atomic E-state index is 13.9. The largest absolute Gasteiger partial charge is 0.381 e. The zero-order chi connectivity index (χ0) is 25.3. The summed E-state index contributed by atoms with van der Waals surface area (Å²) in [6.07, 6.45) is 6.45. The van der Waals surface area contributed by atoms with E-state index in [9.17, 15) is 13.6 Å². The minimum absolute atomic E-state index is 0.170. The van der Waals surface area contributed by atoms with Gasteiger partial charge in [0.05, 0.1) is 29.3 Å². The van der Waals surface area contributed by atoms with E-state index < -0.39 is 12.0 Å². The normalized spacial score (nSPS) is 21.5. The lowest BCUT2D eigenvalue weighted by Gasteiger charge is -2.33. The Bertz CT molecular complexity index is 1210. The van der Waals surface area contributed by atoms with E-state index in [0.29, 0.717) is 42.5 Å². The highest BCUT2D eigenvalue weighted by atomic mass is 19.3. The quantitative estimate of drug-likeness (QED) is 0.527. The number of ether oxygens (including phenoxy) is 1. The molecule has 0 radical (unpaired) electrons. The van der Waals surface area contributed by atoms with Gasteiger partial charge >= 0.3 is 0 Å². The Morgan fingerprint density at radius 1 is 1.28 bits per heavy atom. The van der Waals surface area contributed by atoms with Crippen molar-refractivity contribution in [3.05, 3.63) is 41.2 Å². The van der Waals surface area contributed by atoms with Crippen LogP contribution in [0.2, 0.25) is 0 Å². The van der Waals surface area contributed by atoms with Crippen LogP contribution < -0.4 is 5.32 Å². The van der Waals surface area contributed by atoms with Crippen molar-refractivity contribution in [1.29, 1.82) is 0 Å². The van der Waals surface area contributed by atoms with E-state index in [1.807, 2.05) is 13.8 Å². The van der Waals surface area contributed by atoms with Gasteiger partial charge in [-0.3, -0.25) is 9.48 Å². The van der Waals surface area contributed by atoms with Crippen LogP contribution in [0.5, 0.6) is 0 Å². The van der Waals surface area contributed by atoms with Crippen LogP contribution in [0.25, 0.3) is 5.78 Å². The number of aromatic nitrogens is 6. The monoisotopic (exact) mass is 501 g/mol. The number of hydrogen-bond acceptors (Lipinski definition) is 6. The van der Waals surface area contributed by atoms with Gasteiger partial charge in [0.25, 0.3) is 11.7 Å². The molecule has 4 heterocycles. The fraction of sp³-hybridized carbons (Fsp3) is 0.640. The van der Waals surface area contributed by atoms with Crippen molar-refractivity contribution in [3.8, 4) is 0 Å². The van der Waals surface area contributed by atoms with Gasteiger partial charge in [0.15, 0.2) is 0 Å². The number of imidazole rings is 1. The first-order valence-electron chi connectivity index (χ1n) is 12.8. The van der Waals surface area contributed by atoms with E-state index in [0.717, 1.165) is 43.9 Å². The summed E-state index contributed by atoms with van der Waals surface area (Å²) in [5.74, 6) is -2.28. The van der Waals surface area contributed by atoms with Gasteiger partial charge in [0, 0.05) is 38.8 Å². The van der Waals surface area contributed by atoms with Crippen molar-refractivity contribution >= 4 is 11.7 Å². The number of nitrogens with zero attached hydrogens (tertiary/aromatic N) is 6. The van der Waals surface area contributed by atoms with Crippen molar-refractivity contribution in [2.24, 2.45) is 11.8 Å². The van der Waals surface area contributed by atoms with E-state index in [-0.39, 0.29) is 24.7 Å². The van der Waals surface area contributed by atoms with Crippen LogP contribution in [-0.2, 0) is 17.7 Å². The standard InChI is InChI=1S/C25H33F2N7O2/c1-3-33-21(8-11-28-33)23(35)31-22(18-6-9-25(26,27)10-7-18)20-14-34-24(30-20)29-19(16(2)32-34)13-17-5-4-12-36-15-17/h8,11,14,17-18,22H,3-7,9-10,12-13,15H2,1-2H3,(H,31,35). The molecule has 2 fully saturated rings. The third-order valence-electron chi connectivity index (χ3n) is 7.42. The molecule has 0 spiro atoms. The Balaban J connectivity index is 1.44. The first-order chi connectivity index (χ1) is 17.3. The number of hydrogen-bond donors (Lipinski definition) is 1. The van der Waals surface area contributed by atoms with Gasteiger partial charge < -0.3 is 10.1 Å². The number of fused-ring (bicyclic) bond motifs is 1. The van der Waals surface area contributed by atoms with Gasteiger partial charge in [-0.2, -0.15) is 10.2 Å². The zero-order valence-electron chi connectivity index (χ0n) is 20.8. The number of nitrogens with one attached hydrogen (secondary N) is 1. The second-order valence-corrected chi connectivity index (χ2v) is 10.0. The molecule has 0 bridgehead atoms. The van der Waals surface area contributed by atoms with Crippen LogP contribution in [0.4, 0.5) is 8.78 Å². The molecule has 9 nitrogen and oxygen atoms in total. The van der Waals surface area contributed by atoms with Crippen molar-refractivity contribution < 1.29 is 18.3 Å². The zero-order valence-corrected chi connectivity index (χ0v) is 20.8. The number of aryl methyl sites for hydroxylation is 2. The number of amides is 1. The fourth-order valence-electron chi connectivity index (χ4n) is 5.36. The molecule has 36 heavy (non-hydrogen) atoms. The summed E-state index contributed by atoms with van der Waals surface area (Å²) < 4.78 is 36.7. The number of rotatable bonds is 7. The second kappa shape index (κ2) is 10.2. The lowest BCUT2D eigenvalue weighted by molar-refractivity contribution is -0.0495. The van der Waals surface area contributed by atoms with E-state index in [1.54, 1.807) is 27.7 Å². The first kappa shape index (κ1) is 24.7. The molecule has 3 aromatic rings. The first-order valence-corrected chi connectivity index (χ1v) is 12.8. The van der Waals surface area contributed by atoms with Gasteiger partial charge in [0.2, 0.25) is 5.92 Å². The average Bonchev–Trinajstić information content (AvgIpc) is 3.50. The molecule has 1 aliphatic carbocycles. The van der Waals surface area contributed by atoms with Crippen LogP contribution in [0, 0.1) is 18.8 Å². The van der Waals surface area contributed by atoms with Gasteiger partial charge in [-0.05, 0) is 63.9 Å². The summed E-state index contributed by atoms with van der Waals surface area (Å²) in [6.45, 7) is 5.92. The van der Waals surface area contributed by atoms with Crippen LogP contribution >= 0.6 is 0 Å². The molecule has 11 heteroatoms. The van der Waals surface area contributed by atoms with Gasteiger partial charge in [-0.15, -0.1) is 0 Å². The molecule has 1 amide bonds. The third kappa shape index (κ3) is 5.25. The summed E-state index contributed by atoms with van der Waals surface area (Å²) in [5, 5.41) is 11.9. The van der Waals surface area contributed by atoms with Crippen molar-refractivity contribution in [2.45, 2.75) is 77.3 Å².